The predicted molar refractivity (Wildman–Crippen MR) is 52.3 cm³/mol. The molecule has 13 heavy (non-hydrogen) atoms. The summed E-state index contributed by atoms with van der Waals surface area (Å²) >= 11 is 0. The van der Waals surface area contributed by atoms with Gasteiger partial charge in [0.1, 0.15) is 0 Å². The smallest absolute Gasteiger partial charge is 0.0627 e. The van der Waals surface area contributed by atoms with E-state index in [0.29, 0.717) is 12.8 Å². The number of aliphatic hydroxyl groups excluding tert-OH is 3. The van der Waals surface area contributed by atoms with Crippen LogP contribution in [0.3, 0.4) is 0 Å². The summed E-state index contributed by atoms with van der Waals surface area (Å²) in [5.74, 6) is 0.0355. The molecule has 0 radical (unpaired) electrons. The molecule has 0 unspecified atom stereocenters. The van der Waals surface area contributed by atoms with Gasteiger partial charge in [-0.15, -0.1) is 6.58 Å². The van der Waals surface area contributed by atoms with Crippen LogP contribution in [0.4, 0.5) is 0 Å². The number of hydrogen-bond acceptors (Lipinski definition) is 3. The van der Waals surface area contributed by atoms with Crippen molar-refractivity contribution in [2.24, 2.45) is 5.92 Å². The lowest BCUT2D eigenvalue weighted by Gasteiger charge is -2.20. The first-order chi connectivity index (χ1) is 6.15. The maximum Gasteiger partial charge on any atom is 0.0627 e. The highest BCUT2D eigenvalue weighted by Crippen LogP contribution is 2.15. The lowest BCUT2D eigenvalue weighted by molar-refractivity contribution is 0.0437. The molecule has 0 bridgehead atoms. The average Bonchev–Trinajstić information content (AvgIpc) is 2.06. The van der Waals surface area contributed by atoms with Gasteiger partial charge in [0.2, 0.25) is 0 Å². The molecule has 0 aliphatic carbocycles. The maximum absolute atomic E-state index is 9.59. The van der Waals surface area contributed by atoms with Crippen molar-refractivity contribution >= 4 is 0 Å². The van der Waals surface area contributed by atoms with Gasteiger partial charge in [0.05, 0.1) is 12.2 Å². The summed E-state index contributed by atoms with van der Waals surface area (Å²) in [6.07, 6.45) is 1.99. The summed E-state index contributed by atoms with van der Waals surface area (Å²) in [7, 11) is 0. The van der Waals surface area contributed by atoms with Gasteiger partial charge in [0.25, 0.3) is 0 Å². The summed E-state index contributed by atoms with van der Waals surface area (Å²) in [6, 6.07) is 0. The van der Waals surface area contributed by atoms with E-state index in [1.165, 1.54) is 0 Å². The quantitative estimate of drug-likeness (QED) is 0.515. The highest BCUT2D eigenvalue weighted by molar-refractivity contribution is 4.84. The molecule has 0 saturated heterocycles. The Morgan fingerprint density at radius 2 is 2.00 bits per heavy atom. The van der Waals surface area contributed by atoms with Crippen LogP contribution in [0.2, 0.25) is 0 Å². The normalized spacial score (nSPS) is 17.8. The molecule has 0 aromatic rings. The summed E-state index contributed by atoms with van der Waals surface area (Å²) in [5, 5.41) is 27.4. The molecule has 3 heteroatoms. The van der Waals surface area contributed by atoms with E-state index >= 15 is 0 Å². The number of aliphatic hydroxyl groups is 3. The first-order valence-corrected chi connectivity index (χ1v) is 4.75. The summed E-state index contributed by atoms with van der Waals surface area (Å²) in [5.41, 5.74) is 0. The van der Waals surface area contributed by atoms with Crippen LogP contribution in [-0.4, -0.2) is 34.1 Å². The van der Waals surface area contributed by atoms with Gasteiger partial charge in [-0.05, 0) is 19.3 Å². The molecule has 0 heterocycles. The van der Waals surface area contributed by atoms with Crippen molar-refractivity contribution in [3.05, 3.63) is 12.7 Å². The third kappa shape index (κ3) is 5.03. The highest BCUT2D eigenvalue weighted by atomic mass is 16.3. The number of rotatable bonds is 7. The van der Waals surface area contributed by atoms with Crippen LogP contribution in [0.5, 0.6) is 0 Å². The third-order valence-corrected chi connectivity index (χ3v) is 2.24. The molecule has 3 nitrogen and oxygen atoms in total. The van der Waals surface area contributed by atoms with Gasteiger partial charge >= 0.3 is 0 Å². The van der Waals surface area contributed by atoms with Crippen molar-refractivity contribution < 1.29 is 15.3 Å². The molecule has 0 aliphatic heterocycles. The topological polar surface area (TPSA) is 60.7 Å². The minimum atomic E-state index is -0.617. The van der Waals surface area contributed by atoms with Gasteiger partial charge in [-0.2, -0.15) is 0 Å². The van der Waals surface area contributed by atoms with E-state index in [-0.39, 0.29) is 12.5 Å². The standard InChI is InChI=1S/C10H20O3/c1-3-8(4-2)10(13)7-9(12)5-6-11/h3,8-13H,1,4-7H2,2H3/t8-,9+,10-/m0/s1. The zero-order valence-electron chi connectivity index (χ0n) is 8.19. The SMILES string of the molecule is C=C[C@@H](CC)[C@@H](O)C[C@H](O)CCO. The molecule has 78 valence electrons. The van der Waals surface area contributed by atoms with Crippen molar-refractivity contribution in [1.29, 1.82) is 0 Å². The van der Waals surface area contributed by atoms with Crippen LogP contribution < -0.4 is 0 Å². The third-order valence-electron chi connectivity index (χ3n) is 2.24. The second kappa shape index (κ2) is 7.06. The minimum Gasteiger partial charge on any atom is -0.396 e. The van der Waals surface area contributed by atoms with E-state index in [1.54, 1.807) is 6.08 Å². The van der Waals surface area contributed by atoms with Crippen molar-refractivity contribution in [2.45, 2.75) is 38.4 Å². The Morgan fingerprint density at radius 1 is 1.38 bits per heavy atom. The molecule has 3 atom stereocenters. The van der Waals surface area contributed by atoms with E-state index in [2.05, 4.69) is 6.58 Å². The van der Waals surface area contributed by atoms with Gasteiger partial charge in [-0.25, -0.2) is 0 Å². The molecule has 0 rings (SSSR count). The monoisotopic (exact) mass is 188 g/mol. The second-order valence-corrected chi connectivity index (χ2v) is 3.28. The zero-order chi connectivity index (χ0) is 10.3. The predicted octanol–water partition coefficient (Wildman–Crippen LogP) is 0.693. The van der Waals surface area contributed by atoms with Gasteiger partial charge in [0.15, 0.2) is 0 Å². The number of hydrogen-bond donors (Lipinski definition) is 3. The summed E-state index contributed by atoms with van der Waals surface area (Å²) in [4.78, 5) is 0. The largest absolute Gasteiger partial charge is 0.396 e. The molecule has 0 amide bonds. The van der Waals surface area contributed by atoms with E-state index in [1.807, 2.05) is 6.92 Å². The molecule has 0 aliphatic rings. The van der Waals surface area contributed by atoms with E-state index < -0.39 is 12.2 Å². The fourth-order valence-electron chi connectivity index (χ4n) is 1.32. The average molecular weight is 188 g/mol. The maximum atomic E-state index is 9.59. The van der Waals surface area contributed by atoms with Crippen molar-refractivity contribution in [3.63, 3.8) is 0 Å². The van der Waals surface area contributed by atoms with Gasteiger partial charge in [-0.1, -0.05) is 13.0 Å². The Bertz CT molecular complexity index is 136. The van der Waals surface area contributed by atoms with Crippen LogP contribution in [0.15, 0.2) is 12.7 Å². The molecule has 0 aromatic carbocycles. The van der Waals surface area contributed by atoms with Crippen molar-refractivity contribution in [3.8, 4) is 0 Å². The lowest BCUT2D eigenvalue weighted by atomic mass is 9.94. The van der Waals surface area contributed by atoms with E-state index in [9.17, 15) is 10.2 Å². The molecule has 0 fully saturated rings. The van der Waals surface area contributed by atoms with Gasteiger partial charge in [0, 0.05) is 12.5 Å². The Kier molecular flexibility index (Phi) is 6.86. The molecular weight excluding hydrogens is 168 g/mol. The summed E-state index contributed by atoms with van der Waals surface area (Å²) in [6.45, 7) is 5.54. The van der Waals surface area contributed by atoms with Crippen molar-refractivity contribution in [2.75, 3.05) is 6.61 Å². The van der Waals surface area contributed by atoms with Crippen molar-refractivity contribution in [1.82, 2.24) is 0 Å². The van der Waals surface area contributed by atoms with Gasteiger partial charge < -0.3 is 15.3 Å². The van der Waals surface area contributed by atoms with Crippen LogP contribution in [0.1, 0.15) is 26.2 Å². The highest BCUT2D eigenvalue weighted by Gasteiger charge is 2.17. The van der Waals surface area contributed by atoms with E-state index in [4.69, 9.17) is 5.11 Å². The fraction of sp³-hybridized carbons (Fsp3) is 0.800. The molecule has 0 saturated carbocycles. The molecular formula is C10H20O3. The van der Waals surface area contributed by atoms with Crippen LogP contribution >= 0.6 is 0 Å². The second-order valence-electron chi connectivity index (χ2n) is 3.28. The Morgan fingerprint density at radius 3 is 2.38 bits per heavy atom. The first-order valence-electron chi connectivity index (χ1n) is 4.75. The Labute approximate surface area is 79.7 Å². The van der Waals surface area contributed by atoms with Gasteiger partial charge in [-0.3, -0.25) is 0 Å². The fourth-order valence-corrected chi connectivity index (χ4v) is 1.32. The Hall–Kier alpha value is -0.380. The van der Waals surface area contributed by atoms with Crippen LogP contribution in [0, 0.1) is 5.92 Å². The van der Waals surface area contributed by atoms with Crippen LogP contribution in [-0.2, 0) is 0 Å². The molecule has 3 N–H and O–H groups in total. The zero-order valence-corrected chi connectivity index (χ0v) is 8.19. The Balaban J connectivity index is 3.82. The molecule has 0 spiro atoms. The minimum absolute atomic E-state index is 0.0355. The van der Waals surface area contributed by atoms with Crippen LogP contribution in [0.25, 0.3) is 0 Å². The summed E-state index contributed by atoms with van der Waals surface area (Å²) < 4.78 is 0. The van der Waals surface area contributed by atoms with E-state index in [0.717, 1.165) is 6.42 Å². The lowest BCUT2D eigenvalue weighted by Crippen LogP contribution is -2.24. The first kappa shape index (κ1) is 12.6. The molecule has 0 aromatic heterocycles.